The van der Waals surface area contributed by atoms with Crippen LogP contribution in [0.3, 0.4) is 0 Å². The molecule has 1 aromatic heterocycles. The molecule has 0 bridgehead atoms. The van der Waals surface area contributed by atoms with Gasteiger partial charge in [-0.15, -0.1) is 0 Å². The predicted octanol–water partition coefficient (Wildman–Crippen LogP) is 6.36. The molecule has 1 aliphatic heterocycles. The Balaban J connectivity index is 1.69. The highest BCUT2D eigenvalue weighted by Gasteiger charge is 2.35. The van der Waals surface area contributed by atoms with Crippen molar-refractivity contribution in [2.45, 2.75) is 25.3 Å². The summed E-state index contributed by atoms with van der Waals surface area (Å²) >= 11 is 7.21. The molecule has 6 nitrogen and oxygen atoms in total. The zero-order chi connectivity index (χ0) is 22.2. The number of ether oxygens (including phenoxy) is 2. The van der Waals surface area contributed by atoms with Crippen molar-refractivity contribution in [3.63, 3.8) is 0 Å². The molecule has 1 aliphatic carbocycles. The number of hydrogen-bond donors (Lipinski definition) is 1. The van der Waals surface area contributed by atoms with Crippen molar-refractivity contribution in [3.05, 3.63) is 79.6 Å². The van der Waals surface area contributed by atoms with Crippen LogP contribution in [0.15, 0.2) is 68.5 Å². The van der Waals surface area contributed by atoms with Crippen molar-refractivity contribution in [1.82, 2.24) is 14.8 Å². The van der Waals surface area contributed by atoms with E-state index in [9.17, 15) is 0 Å². The van der Waals surface area contributed by atoms with Gasteiger partial charge in [-0.1, -0.05) is 31.9 Å². The number of allylic oxidation sites excluding steroid dienone is 2. The van der Waals surface area contributed by atoms with Gasteiger partial charge in [-0.05, 0) is 72.9 Å². The fourth-order valence-corrected chi connectivity index (χ4v) is 5.29. The van der Waals surface area contributed by atoms with Crippen LogP contribution in [-0.4, -0.2) is 29.0 Å². The third-order valence-corrected chi connectivity index (χ3v) is 6.91. The van der Waals surface area contributed by atoms with E-state index >= 15 is 0 Å². The number of benzene rings is 2. The number of nitrogens with zero attached hydrogens (tertiary/aromatic N) is 3. The Kier molecular flexibility index (Phi) is 5.82. The Morgan fingerprint density at radius 1 is 1.03 bits per heavy atom. The van der Waals surface area contributed by atoms with Crippen LogP contribution in [0.1, 0.15) is 36.4 Å². The monoisotopic (exact) mass is 556 g/mol. The third kappa shape index (κ3) is 3.75. The summed E-state index contributed by atoms with van der Waals surface area (Å²) in [6, 6.07) is 12.1. The van der Waals surface area contributed by atoms with Gasteiger partial charge >= 0.3 is 0 Å². The molecule has 2 aromatic carbocycles. The lowest BCUT2D eigenvalue weighted by Crippen LogP contribution is -2.28. The van der Waals surface area contributed by atoms with Gasteiger partial charge in [0, 0.05) is 25.8 Å². The van der Waals surface area contributed by atoms with E-state index in [0.717, 1.165) is 62.5 Å². The Morgan fingerprint density at radius 2 is 1.78 bits per heavy atom. The van der Waals surface area contributed by atoms with E-state index in [4.69, 9.17) is 9.47 Å². The minimum atomic E-state index is -0.0932. The molecule has 1 N–H and O–H groups in total. The molecule has 3 aromatic rings. The molecule has 164 valence electrons. The highest BCUT2D eigenvalue weighted by molar-refractivity contribution is 9.10. The molecule has 0 saturated heterocycles. The highest BCUT2D eigenvalue weighted by atomic mass is 79.9. The molecule has 0 amide bonds. The van der Waals surface area contributed by atoms with Gasteiger partial charge in [-0.25, -0.2) is 4.68 Å². The first-order valence-corrected chi connectivity index (χ1v) is 11.9. The van der Waals surface area contributed by atoms with E-state index in [-0.39, 0.29) is 6.04 Å². The average molecular weight is 558 g/mol. The van der Waals surface area contributed by atoms with Crippen LogP contribution in [0.25, 0.3) is 6.08 Å². The largest absolute Gasteiger partial charge is 0.496 e. The van der Waals surface area contributed by atoms with Crippen molar-refractivity contribution >= 4 is 43.9 Å². The topological polar surface area (TPSA) is 61.2 Å². The number of rotatable bonds is 4. The zero-order valence-electron chi connectivity index (χ0n) is 17.7. The molecular weight excluding hydrogens is 536 g/mol. The molecule has 0 unspecified atom stereocenters. The van der Waals surface area contributed by atoms with E-state index in [0.29, 0.717) is 0 Å². The summed E-state index contributed by atoms with van der Waals surface area (Å²) in [4.78, 5) is 4.49. The number of methoxy groups -OCH3 is 2. The second-order valence-corrected chi connectivity index (χ2v) is 9.58. The maximum atomic E-state index is 5.73. The van der Waals surface area contributed by atoms with E-state index < -0.39 is 0 Å². The molecule has 0 spiro atoms. The number of hydrogen-bond acceptors (Lipinski definition) is 5. The molecule has 2 aliphatic rings. The van der Waals surface area contributed by atoms with Crippen LogP contribution in [-0.2, 0) is 0 Å². The van der Waals surface area contributed by atoms with Crippen molar-refractivity contribution in [2.24, 2.45) is 0 Å². The van der Waals surface area contributed by atoms with Gasteiger partial charge in [0.05, 0.1) is 14.2 Å². The normalized spacial score (nSPS) is 18.8. The lowest BCUT2D eigenvalue weighted by molar-refractivity contribution is 0.400. The number of fused-ring (bicyclic) bond motifs is 1. The van der Waals surface area contributed by atoms with Crippen LogP contribution in [0.5, 0.6) is 11.5 Å². The van der Waals surface area contributed by atoms with Crippen molar-refractivity contribution in [1.29, 1.82) is 0 Å². The standard InChI is InChI=1S/C24H22Br2N4O2/c1-31-20-8-6-16(25)11-15(20)10-14-4-3-5-18-22(14)29-24-27-13-28-30(24)23(18)19-12-17(26)7-9-21(19)32-2/h6-13,23H,3-5H2,1-2H3,(H,27,28,29)/b14-10+/t23-/m0/s1. The lowest BCUT2D eigenvalue weighted by Gasteiger charge is -2.35. The molecule has 2 heterocycles. The number of halogens is 2. The fourth-order valence-electron chi connectivity index (χ4n) is 4.54. The fraction of sp³-hybridized carbons (Fsp3) is 0.250. The summed E-state index contributed by atoms with van der Waals surface area (Å²) in [5.41, 5.74) is 5.73. The summed E-state index contributed by atoms with van der Waals surface area (Å²) in [5, 5.41) is 8.10. The van der Waals surface area contributed by atoms with Gasteiger partial charge < -0.3 is 14.8 Å². The molecule has 0 radical (unpaired) electrons. The molecule has 8 heteroatoms. The molecule has 1 atom stereocenters. The van der Waals surface area contributed by atoms with Crippen LogP contribution in [0.2, 0.25) is 0 Å². The third-order valence-electron chi connectivity index (χ3n) is 5.93. The maximum Gasteiger partial charge on any atom is 0.226 e. The smallest absolute Gasteiger partial charge is 0.226 e. The quantitative estimate of drug-likeness (QED) is 0.404. The van der Waals surface area contributed by atoms with Gasteiger partial charge in [-0.2, -0.15) is 10.1 Å². The number of nitrogens with one attached hydrogen (secondary N) is 1. The first-order chi connectivity index (χ1) is 15.6. The Hall–Kier alpha value is -2.58. The SMILES string of the molecule is COc1ccc(Br)cc1/C=C1\CCCC2=C1Nc1ncnn1[C@@H]2c1cc(Br)ccc1OC. The maximum absolute atomic E-state index is 5.73. The first kappa shape index (κ1) is 21.3. The van der Waals surface area contributed by atoms with Gasteiger partial charge in [0.1, 0.15) is 23.9 Å². The van der Waals surface area contributed by atoms with Gasteiger partial charge in [0.2, 0.25) is 5.95 Å². The second kappa shape index (κ2) is 8.75. The molecule has 32 heavy (non-hydrogen) atoms. The van der Waals surface area contributed by atoms with E-state index in [1.54, 1.807) is 20.5 Å². The lowest BCUT2D eigenvalue weighted by atomic mass is 9.83. The van der Waals surface area contributed by atoms with Crippen molar-refractivity contribution in [3.8, 4) is 11.5 Å². The van der Waals surface area contributed by atoms with Gasteiger partial charge in [0.25, 0.3) is 0 Å². The molecule has 0 saturated carbocycles. The van der Waals surface area contributed by atoms with E-state index in [1.165, 1.54) is 11.1 Å². The number of anilines is 1. The zero-order valence-corrected chi connectivity index (χ0v) is 20.9. The summed E-state index contributed by atoms with van der Waals surface area (Å²) in [6.07, 6.45) is 6.80. The Morgan fingerprint density at radius 3 is 2.56 bits per heavy atom. The summed E-state index contributed by atoms with van der Waals surface area (Å²) in [6.45, 7) is 0. The van der Waals surface area contributed by atoms with E-state index in [1.807, 2.05) is 28.9 Å². The van der Waals surface area contributed by atoms with Crippen LogP contribution in [0.4, 0.5) is 5.95 Å². The van der Waals surface area contributed by atoms with Gasteiger partial charge in [-0.3, -0.25) is 0 Å². The van der Waals surface area contributed by atoms with Crippen LogP contribution < -0.4 is 14.8 Å². The molecule has 5 rings (SSSR count). The van der Waals surface area contributed by atoms with E-state index in [2.05, 4.69) is 65.5 Å². The molecule has 0 fully saturated rings. The summed E-state index contributed by atoms with van der Waals surface area (Å²) < 4.78 is 15.3. The number of aromatic nitrogens is 3. The molecular formula is C24H22Br2N4O2. The van der Waals surface area contributed by atoms with Crippen LogP contribution in [0, 0.1) is 0 Å². The van der Waals surface area contributed by atoms with Crippen LogP contribution >= 0.6 is 31.9 Å². The Bertz CT molecular complexity index is 1250. The summed E-state index contributed by atoms with van der Waals surface area (Å²) in [7, 11) is 3.41. The predicted molar refractivity (Wildman–Crippen MR) is 132 cm³/mol. The Labute approximate surface area is 203 Å². The minimum absolute atomic E-state index is 0.0932. The second-order valence-electron chi connectivity index (χ2n) is 7.75. The van der Waals surface area contributed by atoms with Crippen molar-refractivity contribution < 1.29 is 9.47 Å². The first-order valence-electron chi connectivity index (χ1n) is 10.4. The average Bonchev–Trinajstić information content (AvgIpc) is 3.26. The van der Waals surface area contributed by atoms with Crippen molar-refractivity contribution in [2.75, 3.05) is 19.5 Å². The highest BCUT2D eigenvalue weighted by Crippen LogP contribution is 2.46. The minimum Gasteiger partial charge on any atom is -0.496 e. The van der Waals surface area contributed by atoms with Gasteiger partial charge in [0.15, 0.2) is 0 Å². The summed E-state index contributed by atoms with van der Waals surface area (Å²) in [5.74, 6) is 2.40.